The minimum atomic E-state index is -0.984. The predicted molar refractivity (Wildman–Crippen MR) is 79.1 cm³/mol. The van der Waals surface area contributed by atoms with Gasteiger partial charge in [-0.25, -0.2) is 0 Å². The summed E-state index contributed by atoms with van der Waals surface area (Å²) in [5.41, 5.74) is -0.159. The lowest BCUT2D eigenvalue weighted by atomic mass is 9.80. The third-order valence-corrected chi connectivity index (χ3v) is 4.13. The van der Waals surface area contributed by atoms with E-state index in [2.05, 4.69) is 10.6 Å². The highest BCUT2D eigenvalue weighted by atomic mass is 32.1. The molecule has 2 aliphatic rings. The van der Waals surface area contributed by atoms with Gasteiger partial charge in [-0.1, -0.05) is 12.1 Å². The van der Waals surface area contributed by atoms with Gasteiger partial charge in [-0.15, -0.1) is 0 Å². The minimum absolute atomic E-state index is 0.324. The molecule has 7 heteroatoms. The molecule has 3 atom stereocenters. The van der Waals surface area contributed by atoms with Crippen molar-refractivity contribution in [2.75, 3.05) is 14.2 Å². The Morgan fingerprint density at radius 1 is 1.43 bits per heavy atom. The molecule has 1 fully saturated rings. The van der Waals surface area contributed by atoms with Crippen LogP contribution < -0.4 is 20.1 Å². The maximum absolute atomic E-state index is 12.2. The Hall–Kier alpha value is -2.02. The Labute approximate surface area is 127 Å². The number of ether oxygens (including phenoxy) is 3. The maximum Gasteiger partial charge on any atom is 0.317 e. The van der Waals surface area contributed by atoms with E-state index < -0.39 is 11.6 Å². The van der Waals surface area contributed by atoms with Crippen molar-refractivity contribution in [2.45, 2.75) is 18.7 Å². The van der Waals surface area contributed by atoms with Crippen molar-refractivity contribution in [3.63, 3.8) is 0 Å². The Kier molecular flexibility index (Phi) is 3.16. The van der Waals surface area contributed by atoms with Gasteiger partial charge in [-0.3, -0.25) is 4.79 Å². The first-order valence-corrected chi connectivity index (χ1v) is 6.93. The summed E-state index contributed by atoms with van der Waals surface area (Å²) in [6, 6.07) is 5.23. The molecule has 2 bridgehead atoms. The monoisotopic (exact) mass is 308 g/mol. The highest BCUT2D eigenvalue weighted by Gasteiger charge is 2.56. The Balaban J connectivity index is 2.17. The Morgan fingerprint density at radius 2 is 2.19 bits per heavy atom. The molecule has 0 saturated carbocycles. The van der Waals surface area contributed by atoms with Crippen LogP contribution in [0.3, 0.4) is 0 Å². The number of carbonyl (C=O) groups excluding carboxylic acids is 1. The molecular weight excluding hydrogens is 292 g/mol. The van der Waals surface area contributed by atoms with Crippen LogP contribution in [0, 0.1) is 5.92 Å². The summed E-state index contributed by atoms with van der Waals surface area (Å²) in [5, 5.41) is 6.59. The largest absolute Gasteiger partial charge is 0.493 e. The Bertz CT molecular complexity index is 621. The highest BCUT2D eigenvalue weighted by Crippen LogP contribution is 2.48. The van der Waals surface area contributed by atoms with Crippen LogP contribution in [0.4, 0.5) is 0 Å². The number of rotatable bonds is 2. The van der Waals surface area contributed by atoms with E-state index in [-0.39, 0.29) is 12.0 Å². The van der Waals surface area contributed by atoms with Crippen LogP contribution in [0.25, 0.3) is 0 Å². The van der Waals surface area contributed by atoms with Gasteiger partial charge in [0.25, 0.3) is 0 Å². The summed E-state index contributed by atoms with van der Waals surface area (Å²) in [5.74, 6) is 0.297. The maximum atomic E-state index is 12.2. The van der Waals surface area contributed by atoms with E-state index in [0.29, 0.717) is 16.6 Å². The van der Waals surface area contributed by atoms with Gasteiger partial charge >= 0.3 is 5.97 Å². The first kappa shape index (κ1) is 13.9. The fraction of sp³-hybridized carbons (Fsp3) is 0.429. The zero-order valence-corrected chi connectivity index (χ0v) is 12.7. The SMILES string of the molecule is COC(=O)[C@@H]1[C@@H]2NC(=S)N[C@@]1(C)Oc1c(OC)cccc12. The number of thiocarbonyl (C=S) groups is 1. The lowest BCUT2D eigenvalue weighted by Gasteiger charge is -2.50. The summed E-state index contributed by atoms with van der Waals surface area (Å²) in [6.45, 7) is 1.78. The van der Waals surface area contributed by atoms with Crippen molar-refractivity contribution in [1.29, 1.82) is 0 Å². The quantitative estimate of drug-likeness (QED) is 0.626. The summed E-state index contributed by atoms with van der Waals surface area (Å²) in [6.07, 6.45) is 0. The van der Waals surface area contributed by atoms with Crippen LogP contribution >= 0.6 is 12.2 Å². The van der Waals surface area contributed by atoms with Gasteiger partial charge in [-0.2, -0.15) is 0 Å². The van der Waals surface area contributed by atoms with E-state index in [4.69, 9.17) is 26.4 Å². The van der Waals surface area contributed by atoms with Crippen molar-refractivity contribution in [3.8, 4) is 11.5 Å². The standard InChI is InChI=1S/C14H16N2O4S/c1-14-9(12(17)19-3)10(15-13(21)16-14)7-5-4-6-8(18-2)11(7)20-14/h4-6,9-10H,1-3H3,(H2,15,16,21)/t9-,10+,14-/m0/s1. The minimum Gasteiger partial charge on any atom is -0.493 e. The lowest BCUT2D eigenvalue weighted by Crippen LogP contribution is -2.70. The highest BCUT2D eigenvalue weighted by molar-refractivity contribution is 7.80. The van der Waals surface area contributed by atoms with Gasteiger partial charge in [0.1, 0.15) is 5.92 Å². The number of para-hydroxylation sites is 1. The van der Waals surface area contributed by atoms with E-state index in [1.807, 2.05) is 18.2 Å². The topological polar surface area (TPSA) is 68.8 Å². The molecule has 2 N–H and O–H groups in total. The molecule has 3 rings (SSSR count). The molecule has 6 nitrogen and oxygen atoms in total. The van der Waals surface area contributed by atoms with Crippen LogP contribution in [0.5, 0.6) is 11.5 Å². The second-order valence-corrected chi connectivity index (χ2v) is 5.57. The molecule has 112 valence electrons. The van der Waals surface area contributed by atoms with Crippen molar-refractivity contribution >= 4 is 23.3 Å². The molecule has 21 heavy (non-hydrogen) atoms. The van der Waals surface area contributed by atoms with Crippen LogP contribution in [0.2, 0.25) is 0 Å². The molecule has 2 heterocycles. The van der Waals surface area contributed by atoms with Gasteiger partial charge in [0.2, 0.25) is 0 Å². The molecule has 0 amide bonds. The van der Waals surface area contributed by atoms with E-state index >= 15 is 0 Å². The summed E-state index contributed by atoms with van der Waals surface area (Å²) in [7, 11) is 2.94. The first-order valence-electron chi connectivity index (χ1n) is 6.52. The van der Waals surface area contributed by atoms with Crippen molar-refractivity contribution in [3.05, 3.63) is 23.8 Å². The number of methoxy groups -OCH3 is 2. The molecular formula is C14H16N2O4S. The van der Waals surface area contributed by atoms with Crippen LogP contribution in [-0.2, 0) is 9.53 Å². The molecule has 0 unspecified atom stereocenters. The van der Waals surface area contributed by atoms with E-state index in [0.717, 1.165) is 5.56 Å². The molecule has 0 spiro atoms. The predicted octanol–water partition coefficient (Wildman–Crippen LogP) is 1.11. The van der Waals surface area contributed by atoms with Crippen molar-refractivity contribution < 1.29 is 19.0 Å². The molecule has 0 aliphatic carbocycles. The lowest BCUT2D eigenvalue weighted by molar-refractivity contribution is -0.159. The van der Waals surface area contributed by atoms with Crippen molar-refractivity contribution in [2.24, 2.45) is 5.92 Å². The zero-order valence-electron chi connectivity index (χ0n) is 11.9. The van der Waals surface area contributed by atoms with Crippen LogP contribution in [-0.4, -0.2) is 31.0 Å². The van der Waals surface area contributed by atoms with E-state index in [9.17, 15) is 4.79 Å². The summed E-state index contributed by atoms with van der Waals surface area (Å²) >= 11 is 5.21. The number of esters is 1. The zero-order chi connectivity index (χ0) is 15.2. The van der Waals surface area contributed by atoms with Gasteiger partial charge in [0.15, 0.2) is 22.3 Å². The third kappa shape index (κ3) is 1.99. The molecule has 1 saturated heterocycles. The van der Waals surface area contributed by atoms with Crippen molar-refractivity contribution in [1.82, 2.24) is 10.6 Å². The van der Waals surface area contributed by atoms with Gasteiger partial charge in [-0.05, 0) is 25.2 Å². The van der Waals surface area contributed by atoms with Gasteiger partial charge < -0.3 is 24.8 Å². The average molecular weight is 308 g/mol. The molecule has 0 radical (unpaired) electrons. The first-order chi connectivity index (χ1) is 10.00. The molecule has 1 aromatic carbocycles. The molecule has 0 aromatic heterocycles. The fourth-order valence-electron chi connectivity index (χ4n) is 2.98. The molecule has 1 aromatic rings. The summed E-state index contributed by atoms with van der Waals surface area (Å²) < 4.78 is 16.3. The summed E-state index contributed by atoms with van der Waals surface area (Å²) in [4.78, 5) is 12.2. The Morgan fingerprint density at radius 3 is 2.86 bits per heavy atom. The van der Waals surface area contributed by atoms with E-state index in [1.165, 1.54) is 7.11 Å². The number of fused-ring (bicyclic) bond motifs is 4. The van der Waals surface area contributed by atoms with Crippen LogP contribution in [0.15, 0.2) is 18.2 Å². The van der Waals surface area contributed by atoms with Gasteiger partial charge in [0.05, 0.1) is 20.3 Å². The number of nitrogens with one attached hydrogen (secondary N) is 2. The number of carbonyl (C=O) groups is 1. The van der Waals surface area contributed by atoms with Crippen LogP contribution in [0.1, 0.15) is 18.5 Å². The number of benzene rings is 1. The fourth-order valence-corrected chi connectivity index (χ4v) is 3.31. The third-order valence-electron chi connectivity index (χ3n) is 3.91. The normalized spacial score (nSPS) is 29.4. The second-order valence-electron chi connectivity index (χ2n) is 5.16. The van der Waals surface area contributed by atoms with Gasteiger partial charge in [0, 0.05) is 5.56 Å². The smallest absolute Gasteiger partial charge is 0.317 e. The molecule has 2 aliphatic heterocycles. The number of hydrogen-bond donors (Lipinski definition) is 2. The van der Waals surface area contributed by atoms with E-state index in [1.54, 1.807) is 14.0 Å². The number of hydrogen-bond acceptors (Lipinski definition) is 5. The second kappa shape index (κ2) is 4.77. The average Bonchev–Trinajstić information content (AvgIpc) is 2.44.